The molecule has 0 saturated carbocycles. The van der Waals surface area contributed by atoms with Crippen LogP contribution in [-0.2, 0) is 13.1 Å². The lowest BCUT2D eigenvalue weighted by molar-refractivity contribution is 0.481. The van der Waals surface area contributed by atoms with Gasteiger partial charge in [0.2, 0.25) is 0 Å². The first kappa shape index (κ1) is 15.9. The van der Waals surface area contributed by atoms with Crippen LogP contribution in [0.2, 0.25) is 5.02 Å². The quantitative estimate of drug-likeness (QED) is 0.858. The van der Waals surface area contributed by atoms with E-state index in [4.69, 9.17) is 16.0 Å². The minimum Gasteiger partial charge on any atom is -0.464 e. The van der Waals surface area contributed by atoms with Gasteiger partial charge in [-0.2, -0.15) is 0 Å². The third-order valence-corrected chi connectivity index (χ3v) is 3.65. The van der Waals surface area contributed by atoms with E-state index in [1.165, 1.54) is 5.56 Å². The van der Waals surface area contributed by atoms with Gasteiger partial charge in [-0.15, -0.1) is 0 Å². The molecule has 0 saturated heterocycles. The van der Waals surface area contributed by atoms with Gasteiger partial charge in [0, 0.05) is 19.6 Å². The molecular weight excluding hydrogens is 284 g/mol. The molecule has 0 amide bonds. The molecule has 1 aromatic heterocycles. The van der Waals surface area contributed by atoms with Crippen molar-refractivity contribution in [2.45, 2.75) is 39.9 Å². The van der Waals surface area contributed by atoms with E-state index >= 15 is 0 Å². The van der Waals surface area contributed by atoms with Crippen molar-refractivity contribution in [2.24, 2.45) is 0 Å². The Morgan fingerprint density at radius 3 is 2.62 bits per heavy atom. The molecule has 3 nitrogen and oxygen atoms in total. The van der Waals surface area contributed by atoms with Crippen molar-refractivity contribution in [3.05, 3.63) is 52.4 Å². The van der Waals surface area contributed by atoms with Crippen LogP contribution in [-0.4, -0.2) is 13.1 Å². The molecule has 0 unspecified atom stereocenters. The second-order valence-electron chi connectivity index (χ2n) is 5.65. The summed E-state index contributed by atoms with van der Waals surface area (Å²) in [5.41, 5.74) is 2.25. The summed E-state index contributed by atoms with van der Waals surface area (Å²) < 4.78 is 5.65. The Hall–Kier alpha value is -1.45. The van der Waals surface area contributed by atoms with Crippen LogP contribution in [0.5, 0.6) is 0 Å². The Morgan fingerprint density at radius 2 is 2.00 bits per heavy atom. The molecular formula is C17H23ClN2O. The number of hydrogen-bond acceptors (Lipinski definition) is 3. The molecule has 0 radical (unpaired) electrons. The maximum Gasteiger partial charge on any atom is 0.123 e. The fourth-order valence-electron chi connectivity index (χ4n) is 2.33. The van der Waals surface area contributed by atoms with Crippen molar-refractivity contribution < 1.29 is 4.42 Å². The van der Waals surface area contributed by atoms with Crippen LogP contribution in [0.4, 0.5) is 5.69 Å². The van der Waals surface area contributed by atoms with Crippen molar-refractivity contribution in [2.75, 3.05) is 11.9 Å². The number of furan rings is 1. The third kappa shape index (κ3) is 4.26. The Bertz CT molecular complexity index is 592. The average molecular weight is 307 g/mol. The van der Waals surface area contributed by atoms with Gasteiger partial charge in [0.1, 0.15) is 11.5 Å². The summed E-state index contributed by atoms with van der Waals surface area (Å²) in [5, 5.41) is 4.21. The zero-order chi connectivity index (χ0) is 15.4. The van der Waals surface area contributed by atoms with Crippen molar-refractivity contribution in [3.8, 4) is 0 Å². The summed E-state index contributed by atoms with van der Waals surface area (Å²) in [4.78, 5) is 2.14. The molecule has 1 N–H and O–H groups in total. The Balaban J connectivity index is 2.20. The highest BCUT2D eigenvalue weighted by atomic mass is 35.5. The number of rotatable bonds is 6. The molecule has 0 aliphatic rings. The molecule has 1 aromatic carbocycles. The maximum absolute atomic E-state index is 6.41. The van der Waals surface area contributed by atoms with Crippen LogP contribution in [0.15, 0.2) is 34.7 Å². The number of nitrogens with zero attached hydrogens (tertiary/aromatic N) is 1. The number of nitrogens with one attached hydrogen (secondary N) is 1. The Morgan fingerprint density at radius 1 is 1.24 bits per heavy atom. The highest BCUT2D eigenvalue weighted by Gasteiger charge is 2.13. The van der Waals surface area contributed by atoms with Crippen LogP contribution in [0.25, 0.3) is 0 Å². The standard InChI is InChI=1S/C17H23ClN2O/c1-12(2)19-10-14-6-5-7-16(18)17(14)20(4)11-15-9-8-13(3)21-15/h5-9,12,19H,10-11H2,1-4H3. The molecule has 114 valence electrons. The second-order valence-corrected chi connectivity index (χ2v) is 6.06. The van der Waals surface area contributed by atoms with E-state index in [-0.39, 0.29) is 0 Å². The minimum absolute atomic E-state index is 0.440. The van der Waals surface area contributed by atoms with Crippen LogP contribution < -0.4 is 10.2 Å². The SMILES string of the molecule is Cc1ccc(CN(C)c2c(Cl)cccc2CNC(C)C)o1. The Labute approximate surface area is 131 Å². The van der Waals surface area contributed by atoms with E-state index in [9.17, 15) is 0 Å². The number of para-hydroxylation sites is 1. The zero-order valence-corrected chi connectivity index (χ0v) is 13.9. The fourth-order valence-corrected chi connectivity index (χ4v) is 2.67. The number of hydrogen-bond donors (Lipinski definition) is 1. The summed E-state index contributed by atoms with van der Waals surface area (Å²) in [7, 11) is 2.04. The van der Waals surface area contributed by atoms with Gasteiger partial charge >= 0.3 is 0 Å². The molecule has 21 heavy (non-hydrogen) atoms. The van der Waals surface area contributed by atoms with Gasteiger partial charge in [0.25, 0.3) is 0 Å². The molecule has 0 bridgehead atoms. The van der Waals surface area contributed by atoms with Gasteiger partial charge in [0.05, 0.1) is 17.3 Å². The number of aryl methyl sites for hydroxylation is 1. The summed E-state index contributed by atoms with van der Waals surface area (Å²) in [6.07, 6.45) is 0. The van der Waals surface area contributed by atoms with E-state index < -0.39 is 0 Å². The smallest absolute Gasteiger partial charge is 0.123 e. The van der Waals surface area contributed by atoms with Crippen molar-refractivity contribution in [1.29, 1.82) is 0 Å². The van der Waals surface area contributed by atoms with Crippen LogP contribution >= 0.6 is 11.6 Å². The first-order chi connectivity index (χ1) is 9.97. The minimum atomic E-state index is 0.440. The molecule has 0 aliphatic heterocycles. The van der Waals surface area contributed by atoms with Crippen molar-refractivity contribution in [3.63, 3.8) is 0 Å². The van der Waals surface area contributed by atoms with Gasteiger partial charge in [-0.3, -0.25) is 0 Å². The second kappa shape index (κ2) is 7.01. The lowest BCUT2D eigenvalue weighted by atomic mass is 10.1. The van der Waals surface area contributed by atoms with E-state index in [2.05, 4.69) is 30.1 Å². The van der Waals surface area contributed by atoms with Gasteiger partial charge < -0.3 is 14.6 Å². The lowest BCUT2D eigenvalue weighted by Crippen LogP contribution is -2.24. The molecule has 1 heterocycles. The first-order valence-corrected chi connectivity index (χ1v) is 7.62. The highest BCUT2D eigenvalue weighted by Crippen LogP contribution is 2.30. The maximum atomic E-state index is 6.41. The predicted molar refractivity (Wildman–Crippen MR) is 89.0 cm³/mol. The number of anilines is 1. The normalized spacial score (nSPS) is 11.1. The van der Waals surface area contributed by atoms with Crippen LogP contribution in [0.3, 0.4) is 0 Å². The molecule has 0 aliphatic carbocycles. The third-order valence-electron chi connectivity index (χ3n) is 3.34. The summed E-state index contributed by atoms with van der Waals surface area (Å²) in [5.74, 6) is 1.87. The van der Waals surface area contributed by atoms with E-state index in [1.54, 1.807) is 0 Å². The van der Waals surface area contributed by atoms with Crippen molar-refractivity contribution in [1.82, 2.24) is 5.32 Å². The highest BCUT2D eigenvalue weighted by molar-refractivity contribution is 6.33. The van der Waals surface area contributed by atoms with Gasteiger partial charge in [-0.1, -0.05) is 37.6 Å². The molecule has 2 aromatic rings. The van der Waals surface area contributed by atoms with E-state index in [0.717, 1.165) is 28.8 Å². The van der Waals surface area contributed by atoms with E-state index in [1.807, 2.05) is 38.2 Å². The van der Waals surface area contributed by atoms with Crippen molar-refractivity contribution >= 4 is 17.3 Å². The van der Waals surface area contributed by atoms with Crippen LogP contribution in [0, 0.1) is 6.92 Å². The van der Waals surface area contributed by atoms with Gasteiger partial charge in [-0.25, -0.2) is 0 Å². The van der Waals surface area contributed by atoms with Crippen LogP contribution in [0.1, 0.15) is 30.9 Å². The monoisotopic (exact) mass is 306 g/mol. The molecule has 2 rings (SSSR count). The molecule has 0 atom stereocenters. The predicted octanol–water partition coefficient (Wildman–Crippen LogP) is 4.38. The zero-order valence-electron chi connectivity index (χ0n) is 13.1. The molecule has 0 fully saturated rings. The lowest BCUT2D eigenvalue weighted by Gasteiger charge is -2.23. The topological polar surface area (TPSA) is 28.4 Å². The van der Waals surface area contributed by atoms with Gasteiger partial charge in [-0.05, 0) is 30.7 Å². The summed E-state index contributed by atoms with van der Waals surface area (Å²) in [6, 6.07) is 10.5. The largest absolute Gasteiger partial charge is 0.464 e. The van der Waals surface area contributed by atoms with Gasteiger partial charge in [0.15, 0.2) is 0 Å². The average Bonchev–Trinajstić information content (AvgIpc) is 2.81. The Kier molecular flexibility index (Phi) is 5.32. The number of halogens is 1. The number of benzene rings is 1. The van der Waals surface area contributed by atoms with E-state index in [0.29, 0.717) is 12.6 Å². The molecule has 4 heteroatoms. The molecule has 0 spiro atoms. The fraction of sp³-hybridized carbons (Fsp3) is 0.412. The summed E-state index contributed by atoms with van der Waals surface area (Å²) >= 11 is 6.41. The summed E-state index contributed by atoms with van der Waals surface area (Å²) in [6.45, 7) is 7.73. The first-order valence-electron chi connectivity index (χ1n) is 7.24.